The molecule has 396 valence electrons. The number of hydrogen-bond acceptors (Lipinski definition) is 0. The van der Waals surface area contributed by atoms with Crippen molar-refractivity contribution in [1.29, 1.82) is 0 Å². The topological polar surface area (TPSA) is 0 Å². The zero-order valence-corrected chi connectivity index (χ0v) is 52.8. The molecule has 0 saturated carbocycles. The summed E-state index contributed by atoms with van der Waals surface area (Å²) in [6.07, 6.45) is 1.38. The van der Waals surface area contributed by atoms with Crippen LogP contribution in [0.5, 0.6) is 0 Å². The van der Waals surface area contributed by atoms with E-state index in [1.807, 2.05) is 0 Å². The lowest BCUT2D eigenvalue weighted by atomic mass is 9.86. The van der Waals surface area contributed by atoms with Gasteiger partial charge in [-0.05, 0) is 84.1 Å². The van der Waals surface area contributed by atoms with Crippen molar-refractivity contribution in [2.24, 2.45) is 0 Å². The molecule has 0 fully saturated rings. The minimum Gasteiger partial charge on any atom is -0.101 e. The molecule has 9 aromatic carbocycles. The summed E-state index contributed by atoms with van der Waals surface area (Å²) in [5, 5.41) is 9.09. The molecular formula is C75H87Al3. The minimum absolute atomic E-state index is 0.206. The van der Waals surface area contributed by atoms with Crippen LogP contribution in [-0.2, 0) is 16.2 Å². The Morgan fingerprint density at radius 2 is 0.449 bits per heavy atom. The summed E-state index contributed by atoms with van der Waals surface area (Å²) in [5.74, 6) is 1.16. The largest absolute Gasteiger partial charge is 0.265 e. The van der Waals surface area contributed by atoms with Gasteiger partial charge in [0.05, 0.1) is 0 Å². The number of benzene rings is 9. The van der Waals surface area contributed by atoms with Gasteiger partial charge in [-0.3, -0.25) is 0 Å². The smallest absolute Gasteiger partial charge is 0.101 e. The first kappa shape index (κ1) is 60.2. The molecule has 78 heavy (non-hydrogen) atoms. The van der Waals surface area contributed by atoms with E-state index >= 15 is 0 Å². The highest BCUT2D eigenvalue weighted by molar-refractivity contribution is 6.60. The van der Waals surface area contributed by atoms with E-state index in [-0.39, 0.29) is 16.2 Å². The fourth-order valence-electron chi connectivity index (χ4n) is 12.2. The van der Waals surface area contributed by atoms with Crippen LogP contribution in [0.15, 0.2) is 273 Å². The summed E-state index contributed by atoms with van der Waals surface area (Å²) in [6.45, 7) is 16.9. The fraction of sp³-hybridized carbons (Fsp3) is 0.280. The van der Waals surface area contributed by atoms with Crippen LogP contribution < -0.4 is 0 Å². The molecule has 0 radical (unpaired) electrons. The second-order valence-corrected chi connectivity index (χ2v) is 31.0. The van der Waals surface area contributed by atoms with Gasteiger partial charge in [-0.2, -0.15) is 0 Å². The molecule has 0 amide bonds. The van der Waals surface area contributed by atoms with Gasteiger partial charge in [-0.1, -0.05) is 360 Å². The average molecular weight is 1070 g/mol. The molecule has 0 heterocycles. The van der Waals surface area contributed by atoms with Gasteiger partial charge in [0.15, 0.2) is 0 Å². The van der Waals surface area contributed by atoms with Crippen LogP contribution in [0, 0.1) is 0 Å². The van der Waals surface area contributed by atoms with Gasteiger partial charge < -0.3 is 0 Å². The Bertz CT molecular complexity index is 2530. The van der Waals surface area contributed by atoms with Gasteiger partial charge >= 0.3 is 0 Å². The lowest BCUT2D eigenvalue weighted by Crippen LogP contribution is -2.36. The minimum atomic E-state index is -1.43. The number of hydrogen-bond donors (Lipinski definition) is 0. The van der Waals surface area contributed by atoms with Crippen LogP contribution in [0.4, 0.5) is 0 Å². The fourth-order valence-corrected chi connectivity index (χ4v) is 21.9. The van der Waals surface area contributed by atoms with Crippen molar-refractivity contribution in [1.82, 2.24) is 0 Å². The Morgan fingerprint density at radius 3 is 0.615 bits per heavy atom. The molecule has 9 rings (SSSR count). The standard InChI is InChI=1S/3C14H13.3C10H13.C3H7.3Al.2H/c3*1-12(13-8-4-2-5-9-13)14-10-6-3-7-11-14;3*1-10(2,3)9-7-5-4-6-8-9;1-3-2;;;;;/h3*2-12H,1H2;3*4-8H,1H2,2-3H3;1,3H2,2H3;;;;;. The third kappa shape index (κ3) is 18.3. The van der Waals surface area contributed by atoms with Crippen molar-refractivity contribution in [3.05, 3.63) is 323 Å². The van der Waals surface area contributed by atoms with Crippen LogP contribution in [0.3, 0.4) is 0 Å². The molecular weight excluding hydrogens is 982 g/mol. The molecule has 0 N–H and O–H groups in total. The van der Waals surface area contributed by atoms with Crippen molar-refractivity contribution >= 4 is 44.6 Å². The Hall–Kier alpha value is -5.42. The molecule has 9 aromatic rings. The van der Waals surface area contributed by atoms with E-state index in [9.17, 15) is 0 Å². The SMILES string of the molecule is CC(C)([CH2][Al]([CH2]C(C)(C)c1ccccc1)[CH2]C(C)(C)c1ccccc1)c1ccccc1.CC[CH2][AlH2].c1ccc(C([CH2][Al]([CH2]C(c2ccccc2)c2ccccc2)[CH2]C(c2ccccc2)c2ccccc2)c2ccccc2)cc1. The average Bonchev–Trinajstić information content (AvgIpc) is 3.49. The molecule has 0 nitrogen and oxygen atoms in total. The Balaban J connectivity index is 0.000000222. The van der Waals surface area contributed by atoms with E-state index < -0.39 is 28.3 Å². The normalized spacial score (nSPS) is 11.6. The molecule has 3 heteroatoms. The van der Waals surface area contributed by atoms with E-state index in [4.69, 9.17) is 0 Å². The summed E-state index contributed by atoms with van der Waals surface area (Å²) in [5.41, 5.74) is 13.6. The number of rotatable bonds is 22. The third-order valence-electron chi connectivity index (χ3n) is 16.5. The summed E-state index contributed by atoms with van der Waals surface area (Å²) in [7, 11) is 0. The van der Waals surface area contributed by atoms with Crippen molar-refractivity contribution in [3.63, 3.8) is 0 Å². The first-order chi connectivity index (χ1) is 37.9. The monoisotopic (exact) mass is 1070 g/mol. The van der Waals surface area contributed by atoms with E-state index in [1.54, 1.807) is 0 Å². The highest BCUT2D eigenvalue weighted by atomic mass is 27.2. The maximum atomic E-state index is 2.45. The zero-order chi connectivity index (χ0) is 55.1. The first-order valence-corrected chi connectivity index (χ1v) is 35.6. The molecule has 0 saturated heterocycles. The highest BCUT2D eigenvalue weighted by Gasteiger charge is 2.38. The zero-order valence-electron chi connectivity index (χ0n) is 48.5. The van der Waals surface area contributed by atoms with E-state index in [2.05, 4.69) is 321 Å². The van der Waals surface area contributed by atoms with Crippen molar-refractivity contribution < 1.29 is 0 Å². The predicted octanol–water partition coefficient (Wildman–Crippen LogP) is 19.8. The summed E-state index contributed by atoms with van der Waals surface area (Å²) in [4.78, 5) is 0. The Morgan fingerprint density at radius 1 is 0.282 bits per heavy atom. The van der Waals surface area contributed by atoms with Gasteiger partial charge in [0, 0.05) is 0 Å². The third-order valence-corrected chi connectivity index (χ3v) is 25.7. The van der Waals surface area contributed by atoms with Crippen molar-refractivity contribution in [3.8, 4) is 0 Å². The first-order valence-electron chi connectivity index (χ1n) is 29.3. The van der Waals surface area contributed by atoms with Crippen molar-refractivity contribution in [2.45, 2.75) is 126 Å². The molecule has 0 aliphatic heterocycles. The van der Waals surface area contributed by atoms with Crippen LogP contribution in [0.1, 0.15) is 123 Å². The molecule has 0 unspecified atom stereocenters. The second-order valence-electron chi connectivity index (χ2n) is 23.9. The van der Waals surface area contributed by atoms with Gasteiger partial charge in [0.1, 0.15) is 0 Å². The lowest BCUT2D eigenvalue weighted by molar-refractivity contribution is 0.530. The Labute approximate surface area is 489 Å². The van der Waals surface area contributed by atoms with Gasteiger partial charge in [-0.25, -0.2) is 0 Å². The summed E-state index contributed by atoms with van der Waals surface area (Å²) >= 11 is -1.15. The summed E-state index contributed by atoms with van der Waals surface area (Å²) in [6, 6.07) is 101. The van der Waals surface area contributed by atoms with E-state index in [1.165, 1.54) is 110 Å². The van der Waals surface area contributed by atoms with Gasteiger partial charge in [-0.15, -0.1) is 5.28 Å². The summed E-state index contributed by atoms with van der Waals surface area (Å²) < 4.78 is 0. The maximum absolute atomic E-state index is 2.45. The van der Waals surface area contributed by atoms with E-state index in [0.29, 0.717) is 17.8 Å². The molecule has 0 atom stereocenters. The van der Waals surface area contributed by atoms with Gasteiger partial charge in [0.2, 0.25) is 16.3 Å². The van der Waals surface area contributed by atoms with Crippen LogP contribution in [0.2, 0.25) is 37.0 Å². The van der Waals surface area contributed by atoms with Crippen LogP contribution in [0.25, 0.3) is 0 Å². The molecule has 0 bridgehead atoms. The van der Waals surface area contributed by atoms with Crippen LogP contribution >= 0.6 is 0 Å². The molecule has 0 aromatic heterocycles. The second kappa shape index (κ2) is 30.8. The van der Waals surface area contributed by atoms with Crippen molar-refractivity contribution in [2.75, 3.05) is 0 Å². The van der Waals surface area contributed by atoms with Gasteiger partial charge in [0.25, 0.3) is 28.3 Å². The lowest BCUT2D eigenvalue weighted by Gasteiger charge is -2.37. The molecule has 0 spiro atoms. The Kier molecular flexibility index (Phi) is 23.8. The molecule has 0 aliphatic rings. The van der Waals surface area contributed by atoms with Crippen LogP contribution in [-0.4, -0.2) is 44.6 Å². The maximum Gasteiger partial charge on any atom is 0.265 e. The molecule has 0 aliphatic carbocycles. The highest BCUT2D eigenvalue weighted by Crippen LogP contribution is 2.43. The van der Waals surface area contributed by atoms with E-state index in [0.717, 1.165) is 0 Å². The predicted molar refractivity (Wildman–Crippen MR) is 347 cm³/mol. The quantitative estimate of drug-likeness (QED) is 0.0594.